The van der Waals surface area contributed by atoms with Crippen molar-refractivity contribution >= 4 is 22.1 Å². The highest BCUT2D eigenvalue weighted by atomic mass is 32.1. The molecule has 1 atom stereocenters. The van der Waals surface area contributed by atoms with Gasteiger partial charge in [-0.1, -0.05) is 18.3 Å². The Balaban J connectivity index is 1.78. The second kappa shape index (κ2) is 6.27. The van der Waals surface area contributed by atoms with Crippen LogP contribution >= 0.6 is 11.3 Å². The van der Waals surface area contributed by atoms with Crippen LogP contribution in [-0.4, -0.2) is 43.5 Å². The van der Waals surface area contributed by atoms with Gasteiger partial charge in [0.1, 0.15) is 23.3 Å². The zero-order valence-corrected chi connectivity index (χ0v) is 15.0. The summed E-state index contributed by atoms with van der Waals surface area (Å²) in [5.41, 5.74) is 0. The minimum absolute atomic E-state index is 0.100. The van der Waals surface area contributed by atoms with E-state index < -0.39 is 0 Å². The summed E-state index contributed by atoms with van der Waals surface area (Å²) >= 11 is 1.42. The first-order valence-electron chi connectivity index (χ1n) is 8.46. The third-order valence-corrected chi connectivity index (χ3v) is 5.63. The smallest absolute Gasteiger partial charge is 0.230 e. The van der Waals surface area contributed by atoms with Gasteiger partial charge in [0.25, 0.3) is 0 Å². The number of hydrogen-bond donors (Lipinski definition) is 1. The first-order valence-corrected chi connectivity index (χ1v) is 9.28. The lowest BCUT2D eigenvalue weighted by Crippen LogP contribution is -2.37. The molecule has 1 unspecified atom stereocenters. The highest BCUT2D eigenvalue weighted by molar-refractivity contribution is 7.17. The summed E-state index contributed by atoms with van der Waals surface area (Å²) < 4.78 is 7.37. The first kappa shape index (κ1) is 16.3. The van der Waals surface area contributed by atoms with E-state index in [4.69, 9.17) is 4.42 Å². The maximum atomic E-state index is 11.6. The van der Waals surface area contributed by atoms with Crippen LogP contribution in [0, 0.1) is 6.92 Å². The standard InChI is InChI=1S/C17H20N4O3S/c1-3-13-18-17-21(19-13)16(23)15(25-17)14(12-5-4-10(2)24-12)20-8-6-11(22)7-9-20/h4-5,14,23H,3,6-9H2,1-2H3. The number of nitrogens with zero attached hydrogens (tertiary/aromatic N) is 4. The third-order valence-electron chi connectivity index (χ3n) is 4.56. The molecule has 0 bridgehead atoms. The van der Waals surface area contributed by atoms with Crippen molar-refractivity contribution in [2.45, 2.75) is 39.2 Å². The van der Waals surface area contributed by atoms with Crippen molar-refractivity contribution in [1.29, 1.82) is 0 Å². The molecule has 132 valence electrons. The molecule has 3 aromatic heterocycles. The molecule has 3 aromatic rings. The molecule has 4 heterocycles. The molecule has 8 heteroatoms. The maximum Gasteiger partial charge on any atom is 0.230 e. The topological polar surface area (TPSA) is 83.9 Å². The van der Waals surface area contributed by atoms with Crippen molar-refractivity contribution in [2.75, 3.05) is 13.1 Å². The van der Waals surface area contributed by atoms with Gasteiger partial charge in [0.05, 0.1) is 4.88 Å². The van der Waals surface area contributed by atoms with Gasteiger partial charge >= 0.3 is 0 Å². The number of carbonyl (C=O) groups excluding carboxylic acids is 1. The molecule has 0 aliphatic carbocycles. The molecule has 1 fully saturated rings. The molecule has 1 aliphatic heterocycles. The van der Waals surface area contributed by atoms with E-state index in [0.717, 1.165) is 22.8 Å². The van der Waals surface area contributed by atoms with Gasteiger partial charge in [-0.3, -0.25) is 9.69 Å². The molecule has 0 radical (unpaired) electrons. The Kier molecular flexibility index (Phi) is 4.09. The lowest BCUT2D eigenvalue weighted by Gasteiger charge is -2.32. The normalized spacial score (nSPS) is 17.4. The molecule has 7 nitrogen and oxygen atoms in total. The summed E-state index contributed by atoms with van der Waals surface area (Å²) in [6.07, 6.45) is 1.77. The van der Waals surface area contributed by atoms with Gasteiger partial charge < -0.3 is 9.52 Å². The SMILES string of the molecule is CCc1nc2sc(C(c3ccc(C)o3)N3CCC(=O)CC3)c(O)n2n1. The number of aryl methyl sites for hydroxylation is 2. The van der Waals surface area contributed by atoms with Crippen LogP contribution in [0.15, 0.2) is 16.5 Å². The monoisotopic (exact) mass is 360 g/mol. The molecule has 0 spiro atoms. The van der Waals surface area contributed by atoms with Crippen molar-refractivity contribution in [1.82, 2.24) is 19.5 Å². The second-order valence-corrected chi connectivity index (χ2v) is 7.30. The number of likely N-dealkylation sites (tertiary alicyclic amines) is 1. The minimum Gasteiger partial charge on any atom is -0.492 e. The summed E-state index contributed by atoms with van der Waals surface area (Å²) in [4.78, 5) is 19.7. The van der Waals surface area contributed by atoms with Gasteiger partial charge in [0.2, 0.25) is 10.8 Å². The van der Waals surface area contributed by atoms with Gasteiger partial charge in [-0.15, -0.1) is 5.10 Å². The van der Waals surface area contributed by atoms with E-state index in [1.165, 1.54) is 15.9 Å². The van der Waals surface area contributed by atoms with E-state index in [9.17, 15) is 9.90 Å². The number of carbonyl (C=O) groups is 1. The molecular weight excluding hydrogens is 340 g/mol. The maximum absolute atomic E-state index is 11.6. The van der Waals surface area contributed by atoms with Crippen LogP contribution in [-0.2, 0) is 11.2 Å². The van der Waals surface area contributed by atoms with E-state index in [1.54, 1.807) is 0 Å². The number of thiazole rings is 1. The Bertz CT molecular complexity index is 916. The van der Waals surface area contributed by atoms with Crippen LogP contribution in [0.5, 0.6) is 5.88 Å². The highest BCUT2D eigenvalue weighted by Gasteiger charge is 2.33. The molecule has 0 amide bonds. The van der Waals surface area contributed by atoms with E-state index in [2.05, 4.69) is 15.0 Å². The number of fused-ring (bicyclic) bond motifs is 1. The zero-order chi connectivity index (χ0) is 17.6. The zero-order valence-electron chi connectivity index (χ0n) is 14.2. The Labute approximate surface area is 148 Å². The fourth-order valence-electron chi connectivity index (χ4n) is 3.23. The Morgan fingerprint density at radius 1 is 1.36 bits per heavy atom. The van der Waals surface area contributed by atoms with Gasteiger partial charge in [0.15, 0.2) is 5.82 Å². The quantitative estimate of drug-likeness (QED) is 0.770. The van der Waals surface area contributed by atoms with E-state index in [-0.39, 0.29) is 17.7 Å². The molecule has 0 aromatic carbocycles. The fraction of sp³-hybridized carbons (Fsp3) is 0.471. The van der Waals surface area contributed by atoms with Crippen LogP contribution in [0.3, 0.4) is 0 Å². The number of rotatable bonds is 4. The van der Waals surface area contributed by atoms with Crippen LogP contribution in [0.4, 0.5) is 0 Å². The number of aromatic nitrogens is 3. The molecule has 1 saturated heterocycles. The summed E-state index contributed by atoms with van der Waals surface area (Å²) in [5, 5.41) is 15.1. The molecule has 25 heavy (non-hydrogen) atoms. The van der Waals surface area contributed by atoms with Gasteiger partial charge in [-0.2, -0.15) is 4.52 Å². The van der Waals surface area contributed by atoms with E-state index in [1.807, 2.05) is 26.0 Å². The number of hydrogen-bond acceptors (Lipinski definition) is 7. The number of piperidine rings is 1. The van der Waals surface area contributed by atoms with Gasteiger partial charge in [-0.25, -0.2) is 4.98 Å². The predicted octanol–water partition coefficient (Wildman–Crippen LogP) is 2.71. The lowest BCUT2D eigenvalue weighted by molar-refractivity contribution is -0.121. The second-order valence-electron chi connectivity index (χ2n) is 6.29. The predicted molar refractivity (Wildman–Crippen MR) is 93.0 cm³/mol. The third kappa shape index (κ3) is 2.85. The van der Waals surface area contributed by atoms with Crippen LogP contribution in [0.2, 0.25) is 0 Å². The number of furan rings is 1. The Morgan fingerprint density at radius 2 is 2.12 bits per heavy atom. The van der Waals surface area contributed by atoms with Crippen LogP contribution < -0.4 is 0 Å². The number of ketones is 1. The summed E-state index contributed by atoms with van der Waals surface area (Å²) in [6.45, 7) is 5.18. The molecule has 4 rings (SSSR count). The Hall–Kier alpha value is -2.19. The van der Waals surface area contributed by atoms with Crippen molar-refractivity contribution in [3.63, 3.8) is 0 Å². The fourth-order valence-corrected chi connectivity index (χ4v) is 4.34. The van der Waals surface area contributed by atoms with Crippen LogP contribution in [0.25, 0.3) is 4.96 Å². The van der Waals surface area contributed by atoms with Gasteiger partial charge in [-0.05, 0) is 19.1 Å². The van der Waals surface area contributed by atoms with Crippen molar-refractivity contribution < 1.29 is 14.3 Å². The lowest BCUT2D eigenvalue weighted by atomic mass is 10.0. The van der Waals surface area contributed by atoms with E-state index >= 15 is 0 Å². The minimum atomic E-state index is -0.236. The molecule has 1 aliphatic rings. The summed E-state index contributed by atoms with van der Waals surface area (Å²) in [6, 6.07) is 3.62. The Morgan fingerprint density at radius 3 is 2.72 bits per heavy atom. The molecular formula is C17H20N4O3S. The van der Waals surface area contributed by atoms with Crippen LogP contribution in [0.1, 0.15) is 48.0 Å². The van der Waals surface area contributed by atoms with E-state index in [0.29, 0.717) is 36.7 Å². The van der Waals surface area contributed by atoms with Crippen molar-refractivity contribution in [2.24, 2.45) is 0 Å². The highest BCUT2D eigenvalue weighted by Crippen LogP contribution is 2.41. The van der Waals surface area contributed by atoms with Crippen molar-refractivity contribution in [3.05, 3.63) is 34.4 Å². The molecule has 0 saturated carbocycles. The van der Waals surface area contributed by atoms with Gasteiger partial charge in [0, 0.05) is 32.4 Å². The number of aromatic hydroxyl groups is 1. The average molecular weight is 360 g/mol. The summed E-state index contributed by atoms with van der Waals surface area (Å²) in [5.74, 6) is 2.68. The summed E-state index contributed by atoms with van der Waals surface area (Å²) in [7, 11) is 0. The first-order chi connectivity index (χ1) is 12.1. The van der Waals surface area contributed by atoms with Crippen molar-refractivity contribution in [3.8, 4) is 5.88 Å². The average Bonchev–Trinajstić information content (AvgIpc) is 3.28. The largest absolute Gasteiger partial charge is 0.492 e. The molecule has 1 N–H and O–H groups in total. The number of Topliss-reactive ketones (excluding diaryl/α,β-unsaturated/α-hetero) is 1.